The number of hydrogen-bond acceptors (Lipinski definition) is 6. The predicted molar refractivity (Wildman–Crippen MR) is 106 cm³/mol. The van der Waals surface area contributed by atoms with Gasteiger partial charge >= 0.3 is 0 Å². The van der Waals surface area contributed by atoms with Crippen LogP contribution in [0.5, 0.6) is 0 Å². The van der Waals surface area contributed by atoms with Crippen LogP contribution in [0.2, 0.25) is 0 Å². The molecule has 1 saturated heterocycles. The summed E-state index contributed by atoms with van der Waals surface area (Å²) >= 11 is 1.41. The molecule has 1 amide bonds. The van der Waals surface area contributed by atoms with Crippen LogP contribution in [-0.2, 0) is 11.8 Å². The minimum Gasteiger partial charge on any atom is -0.336 e. The number of nitrogens with one attached hydrogen (secondary N) is 1. The van der Waals surface area contributed by atoms with Crippen molar-refractivity contribution in [1.29, 1.82) is 0 Å². The van der Waals surface area contributed by atoms with E-state index in [0.29, 0.717) is 13.1 Å². The monoisotopic (exact) mass is 411 g/mol. The Kier molecular flexibility index (Phi) is 7.23. The lowest BCUT2D eigenvalue weighted by Gasteiger charge is -2.37. The van der Waals surface area contributed by atoms with E-state index >= 15 is 0 Å². The molecule has 2 heterocycles. The van der Waals surface area contributed by atoms with E-state index in [4.69, 9.17) is 0 Å². The van der Waals surface area contributed by atoms with Crippen molar-refractivity contribution in [3.63, 3.8) is 0 Å². The van der Waals surface area contributed by atoms with Crippen molar-refractivity contribution in [3.05, 3.63) is 52.6 Å². The fourth-order valence-corrected chi connectivity index (χ4v) is 3.97. The molecule has 2 unspecified atom stereocenters. The number of nitro benzene ring substituents is 1. The molecule has 1 aliphatic rings. The standard InChI is InChI=1S/C17H21N5O3S.ClH/c1-12(26-14-5-3-13(4-6-14)22(24)25)17(23)21-10-7-18-11-15(21)16-19-8-9-20(16)2;/h3-6,8-9,12,15,18H,7,10-11H2,1-2H3;1H. The summed E-state index contributed by atoms with van der Waals surface area (Å²) in [5.41, 5.74) is 0.0466. The van der Waals surface area contributed by atoms with Gasteiger partial charge in [0.2, 0.25) is 5.91 Å². The van der Waals surface area contributed by atoms with Gasteiger partial charge in [-0.2, -0.15) is 0 Å². The molecule has 3 rings (SSSR count). The summed E-state index contributed by atoms with van der Waals surface area (Å²) < 4.78 is 1.94. The van der Waals surface area contributed by atoms with Crippen LogP contribution in [0.4, 0.5) is 5.69 Å². The van der Waals surface area contributed by atoms with Crippen molar-refractivity contribution in [2.75, 3.05) is 19.6 Å². The number of halogens is 1. The van der Waals surface area contributed by atoms with Gasteiger partial charge in [-0.05, 0) is 19.1 Å². The average molecular weight is 412 g/mol. The second-order valence-electron chi connectivity index (χ2n) is 6.16. The molecule has 1 fully saturated rings. The number of thioether (sulfide) groups is 1. The van der Waals surface area contributed by atoms with E-state index in [0.717, 1.165) is 17.3 Å². The highest BCUT2D eigenvalue weighted by Gasteiger charge is 2.33. The average Bonchev–Trinajstić information content (AvgIpc) is 3.07. The van der Waals surface area contributed by atoms with Gasteiger partial charge in [0.05, 0.1) is 10.2 Å². The van der Waals surface area contributed by atoms with E-state index < -0.39 is 4.92 Å². The van der Waals surface area contributed by atoms with Gasteiger partial charge in [0.1, 0.15) is 11.9 Å². The first-order chi connectivity index (χ1) is 12.5. The highest BCUT2D eigenvalue weighted by molar-refractivity contribution is 8.00. The van der Waals surface area contributed by atoms with Gasteiger partial charge < -0.3 is 14.8 Å². The van der Waals surface area contributed by atoms with Crippen LogP contribution in [0, 0.1) is 10.1 Å². The Morgan fingerprint density at radius 1 is 1.41 bits per heavy atom. The molecule has 1 aromatic carbocycles. The van der Waals surface area contributed by atoms with Crippen molar-refractivity contribution in [3.8, 4) is 0 Å². The number of benzene rings is 1. The van der Waals surface area contributed by atoms with E-state index in [2.05, 4.69) is 10.3 Å². The number of nitro groups is 1. The Hall–Kier alpha value is -2.10. The number of aryl methyl sites for hydroxylation is 1. The van der Waals surface area contributed by atoms with Gasteiger partial charge in [0, 0.05) is 56.1 Å². The maximum atomic E-state index is 13.0. The third-order valence-electron chi connectivity index (χ3n) is 4.39. The molecule has 1 aliphatic heterocycles. The number of nitrogens with zero attached hydrogens (tertiary/aromatic N) is 4. The second kappa shape index (κ2) is 9.20. The predicted octanol–water partition coefficient (Wildman–Crippen LogP) is 2.40. The van der Waals surface area contributed by atoms with Crippen molar-refractivity contribution >= 4 is 35.8 Å². The van der Waals surface area contributed by atoms with Gasteiger partial charge in [0.25, 0.3) is 5.69 Å². The van der Waals surface area contributed by atoms with Crippen molar-refractivity contribution in [2.45, 2.75) is 23.1 Å². The van der Waals surface area contributed by atoms with Crippen LogP contribution in [0.15, 0.2) is 41.6 Å². The minimum atomic E-state index is -0.429. The molecule has 0 bridgehead atoms. The van der Waals surface area contributed by atoms with Gasteiger partial charge in [-0.3, -0.25) is 14.9 Å². The SMILES string of the molecule is CC(Sc1ccc([N+](=O)[O-])cc1)C(=O)N1CCNCC1c1nccn1C.Cl. The Morgan fingerprint density at radius 2 is 2.11 bits per heavy atom. The quantitative estimate of drug-likeness (QED) is 0.461. The van der Waals surface area contributed by atoms with E-state index in [1.54, 1.807) is 18.3 Å². The molecule has 0 radical (unpaired) electrons. The van der Waals surface area contributed by atoms with E-state index in [1.807, 2.05) is 29.6 Å². The maximum Gasteiger partial charge on any atom is 0.269 e. The number of non-ortho nitro benzene ring substituents is 1. The van der Waals surface area contributed by atoms with Crippen molar-refractivity contribution in [2.24, 2.45) is 7.05 Å². The fourth-order valence-electron chi connectivity index (χ4n) is 3.03. The van der Waals surface area contributed by atoms with E-state index in [1.165, 1.54) is 23.9 Å². The highest BCUT2D eigenvalue weighted by atomic mass is 35.5. The molecule has 1 N–H and O–H groups in total. The molecular weight excluding hydrogens is 390 g/mol. The van der Waals surface area contributed by atoms with Crippen LogP contribution in [0.25, 0.3) is 0 Å². The Labute approximate surface area is 167 Å². The van der Waals surface area contributed by atoms with Gasteiger partial charge in [-0.15, -0.1) is 24.2 Å². The number of amides is 1. The fraction of sp³-hybridized carbons (Fsp3) is 0.412. The normalized spacial score (nSPS) is 17.9. The van der Waals surface area contributed by atoms with Crippen LogP contribution in [0.3, 0.4) is 0 Å². The Balaban J connectivity index is 0.00000261. The van der Waals surface area contributed by atoms with Gasteiger partial charge in [-0.25, -0.2) is 4.98 Å². The molecule has 146 valence electrons. The number of rotatable bonds is 5. The zero-order valence-corrected chi connectivity index (χ0v) is 16.7. The van der Waals surface area contributed by atoms with Crippen LogP contribution >= 0.6 is 24.2 Å². The smallest absolute Gasteiger partial charge is 0.269 e. The Bertz CT molecular complexity index is 798. The molecule has 0 aliphatic carbocycles. The molecule has 10 heteroatoms. The first kappa shape index (κ1) is 21.2. The summed E-state index contributed by atoms with van der Waals surface area (Å²) in [5, 5.41) is 13.8. The molecule has 0 spiro atoms. The van der Waals surface area contributed by atoms with Crippen LogP contribution < -0.4 is 5.32 Å². The third kappa shape index (κ3) is 4.79. The van der Waals surface area contributed by atoms with Gasteiger partial charge in [-0.1, -0.05) is 0 Å². The summed E-state index contributed by atoms with van der Waals surface area (Å²) in [7, 11) is 1.93. The van der Waals surface area contributed by atoms with Crippen LogP contribution in [0.1, 0.15) is 18.8 Å². The first-order valence-electron chi connectivity index (χ1n) is 8.37. The summed E-state index contributed by atoms with van der Waals surface area (Å²) in [5.74, 6) is 0.904. The molecule has 8 nitrogen and oxygen atoms in total. The number of hydrogen-bond donors (Lipinski definition) is 1. The molecule has 2 aromatic rings. The second-order valence-corrected chi connectivity index (χ2v) is 7.57. The number of piperazine rings is 1. The van der Waals surface area contributed by atoms with Crippen LogP contribution in [-0.4, -0.2) is 50.2 Å². The highest BCUT2D eigenvalue weighted by Crippen LogP contribution is 2.29. The molecular formula is C17H22ClN5O3S. The Morgan fingerprint density at radius 3 is 2.70 bits per heavy atom. The van der Waals surface area contributed by atoms with Crippen molar-refractivity contribution < 1.29 is 9.72 Å². The molecule has 27 heavy (non-hydrogen) atoms. The molecule has 1 aromatic heterocycles. The van der Waals surface area contributed by atoms with Gasteiger partial charge in [0.15, 0.2) is 0 Å². The zero-order valence-electron chi connectivity index (χ0n) is 15.1. The van der Waals surface area contributed by atoms with E-state index in [9.17, 15) is 14.9 Å². The molecule has 2 atom stereocenters. The lowest BCUT2D eigenvalue weighted by Crippen LogP contribution is -2.51. The number of carbonyl (C=O) groups excluding carboxylic acids is 1. The van der Waals surface area contributed by atoms with E-state index in [-0.39, 0.29) is 35.3 Å². The summed E-state index contributed by atoms with van der Waals surface area (Å²) in [6.45, 7) is 3.92. The minimum absolute atomic E-state index is 0. The topological polar surface area (TPSA) is 93.3 Å². The third-order valence-corrected chi connectivity index (χ3v) is 5.49. The van der Waals surface area contributed by atoms with Crippen molar-refractivity contribution in [1.82, 2.24) is 19.8 Å². The summed E-state index contributed by atoms with van der Waals surface area (Å²) in [4.78, 5) is 30.5. The lowest BCUT2D eigenvalue weighted by atomic mass is 10.1. The summed E-state index contributed by atoms with van der Waals surface area (Å²) in [6.07, 6.45) is 3.61. The maximum absolute atomic E-state index is 13.0. The lowest BCUT2D eigenvalue weighted by molar-refractivity contribution is -0.384. The first-order valence-corrected chi connectivity index (χ1v) is 9.25. The zero-order chi connectivity index (χ0) is 18.7. The number of imidazole rings is 1. The number of aromatic nitrogens is 2. The number of carbonyl (C=O) groups is 1. The molecule has 0 saturated carbocycles. The largest absolute Gasteiger partial charge is 0.336 e. The summed E-state index contributed by atoms with van der Waals surface area (Å²) in [6, 6.07) is 6.18.